The van der Waals surface area contributed by atoms with Crippen molar-refractivity contribution >= 4 is 23.3 Å². The van der Waals surface area contributed by atoms with Gasteiger partial charge in [-0.15, -0.1) is 0 Å². The van der Waals surface area contributed by atoms with Gasteiger partial charge in [0, 0.05) is 37.1 Å². The zero-order chi connectivity index (χ0) is 19.8. The molecule has 1 aromatic heterocycles. The fourth-order valence-electron chi connectivity index (χ4n) is 5.16. The molecule has 7 nitrogen and oxygen atoms in total. The monoisotopic (exact) mass is 394 g/mol. The molecule has 3 saturated heterocycles. The van der Waals surface area contributed by atoms with E-state index in [9.17, 15) is 9.59 Å². The third-order valence-corrected chi connectivity index (χ3v) is 6.55. The van der Waals surface area contributed by atoms with Crippen LogP contribution in [-0.2, 0) is 0 Å². The van der Waals surface area contributed by atoms with Crippen LogP contribution in [0, 0.1) is 11.8 Å². The number of nitrogens with zero attached hydrogens (tertiary/aromatic N) is 2. The Labute approximate surface area is 170 Å². The number of rotatable bonds is 3. The number of carbonyl (C=O) groups is 2. The molecule has 3 aliphatic heterocycles. The number of furan rings is 1. The van der Waals surface area contributed by atoms with Crippen molar-refractivity contribution in [2.45, 2.75) is 25.3 Å². The zero-order valence-electron chi connectivity index (χ0n) is 16.3. The number of hydrogen-bond donors (Lipinski definition) is 2. The highest BCUT2D eigenvalue weighted by molar-refractivity contribution is 6.02. The first-order valence-corrected chi connectivity index (χ1v) is 10.4. The van der Waals surface area contributed by atoms with E-state index in [1.54, 1.807) is 36.4 Å². The van der Waals surface area contributed by atoms with Gasteiger partial charge in [-0.1, -0.05) is 6.42 Å². The van der Waals surface area contributed by atoms with E-state index in [1.165, 1.54) is 32.1 Å². The first-order chi connectivity index (χ1) is 14.2. The molecule has 0 aliphatic carbocycles. The second-order valence-electron chi connectivity index (χ2n) is 8.33. The lowest BCUT2D eigenvalue weighted by Gasteiger charge is -2.33. The van der Waals surface area contributed by atoms with Crippen molar-refractivity contribution in [2.24, 2.45) is 11.8 Å². The van der Waals surface area contributed by atoms with Gasteiger partial charge in [0.25, 0.3) is 5.91 Å². The average Bonchev–Trinajstić information content (AvgIpc) is 3.45. The molecule has 0 bridgehead atoms. The SMILES string of the molecule is O=C(Nc1ccc(NC(=O)N2C[C@@H]3CN4CCCC[C@@H]4[C@@H]3C2)cc1)c1ccco1. The molecule has 3 fully saturated rings. The number of likely N-dealkylation sites (tertiary alicyclic amines) is 1. The molecule has 0 unspecified atom stereocenters. The highest BCUT2D eigenvalue weighted by atomic mass is 16.3. The molecule has 5 rings (SSSR count). The number of carbonyl (C=O) groups excluding carboxylic acids is 2. The average molecular weight is 394 g/mol. The Hall–Kier alpha value is -2.80. The molecule has 2 aromatic rings. The first kappa shape index (κ1) is 18.2. The summed E-state index contributed by atoms with van der Waals surface area (Å²) in [5.41, 5.74) is 1.37. The maximum atomic E-state index is 12.7. The lowest BCUT2D eigenvalue weighted by Crippen LogP contribution is -2.41. The van der Waals surface area contributed by atoms with E-state index in [0.29, 0.717) is 23.6 Å². The second kappa shape index (κ2) is 7.55. The molecule has 29 heavy (non-hydrogen) atoms. The summed E-state index contributed by atoms with van der Waals surface area (Å²) in [6.07, 6.45) is 5.38. The van der Waals surface area contributed by atoms with Crippen LogP contribution in [0.2, 0.25) is 0 Å². The van der Waals surface area contributed by atoms with Crippen LogP contribution in [0.25, 0.3) is 0 Å². The number of anilines is 2. The quantitative estimate of drug-likeness (QED) is 0.836. The predicted octanol–water partition coefficient (Wildman–Crippen LogP) is 3.48. The normalized spacial score (nSPS) is 26.1. The minimum atomic E-state index is -0.299. The Morgan fingerprint density at radius 3 is 2.52 bits per heavy atom. The maximum Gasteiger partial charge on any atom is 0.321 e. The Bertz CT molecular complexity index is 880. The number of benzene rings is 1. The van der Waals surface area contributed by atoms with Crippen molar-refractivity contribution in [3.8, 4) is 0 Å². The summed E-state index contributed by atoms with van der Waals surface area (Å²) in [6.45, 7) is 4.07. The third-order valence-electron chi connectivity index (χ3n) is 6.55. The number of hydrogen-bond acceptors (Lipinski definition) is 4. The lowest BCUT2D eigenvalue weighted by molar-refractivity contribution is 0.0996. The molecule has 152 valence electrons. The van der Waals surface area contributed by atoms with E-state index in [2.05, 4.69) is 15.5 Å². The third kappa shape index (κ3) is 3.62. The topological polar surface area (TPSA) is 77.8 Å². The number of piperidine rings is 1. The van der Waals surface area contributed by atoms with Gasteiger partial charge in [0.1, 0.15) is 0 Å². The van der Waals surface area contributed by atoms with Gasteiger partial charge in [-0.2, -0.15) is 0 Å². The first-order valence-electron chi connectivity index (χ1n) is 10.4. The molecule has 3 atom stereocenters. The largest absolute Gasteiger partial charge is 0.459 e. The summed E-state index contributed by atoms with van der Waals surface area (Å²) in [7, 11) is 0. The van der Waals surface area contributed by atoms with Crippen LogP contribution in [0.3, 0.4) is 0 Å². The van der Waals surface area contributed by atoms with Gasteiger partial charge in [0.2, 0.25) is 0 Å². The molecular formula is C22H26N4O3. The van der Waals surface area contributed by atoms with E-state index >= 15 is 0 Å². The van der Waals surface area contributed by atoms with Crippen LogP contribution < -0.4 is 10.6 Å². The number of urea groups is 1. The van der Waals surface area contributed by atoms with E-state index < -0.39 is 0 Å². The summed E-state index contributed by atoms with van der Waals surface area (Å²) < 4.78 is 5.09. The van der Waals surface area contributed by atoms with Crippen LogP contribution in [-0.4, -0.2) is 54.0 Å². The summed E-state index contributed by atoms with van der Waals surface area (Å²) in [5, 5.41) is 5.77. The van der Waals surface area contributed by atoms with Crippen molar-refractivity contribution in [1.82, 2.24) is 9.80 Å². The molecule has 1 aromatic carbocycles. The van der Waals surface area contributed by atoms with Crippen molar-refractivity contribution in [1.29, 1.82) is 0 Å². The minimum Gasteiger partial charge on any atom is -0.459 e. The highest BCUT2D eigenvalue weighted by Gasteiger charge is 2.48. The molecular weight excluding hydrogens is 368 g/mol. The minimum absolute atomic E-state index is 0.0332. The summed E-state index contributed by atoms with van der Waals surface area (Å²) in [6, 6.07) is 11.1. The van der Waals surface area contributed by atoms with Gasteiger partial charge in [-0.3, -0.25) is 9.69 Å². The molecule has 0 radical (unpaired) electrons. The summed E-state index contributed by atoms with van der Waals surface area (Å²) in [4.78, 5) is 29.4. The Morgan fingerprint density at radius 1 is 0.966 bits per heavy atom. The molecule has 7 heteroatoms. The Kier molecular flexibility index (Phi) is 4.75. The summed E-state index contributed by atoms with van der Waals surface area (Å²) in [5.74, 6) is 1.20. The van der Waals surface area contributed by atoms with Gasteiger partial charge >= 0.3 is 6.03 Å². The van der Waals surface area contributed by atoms with Crippen LogP contribution >= 0.6 is 0 Å². The van der Waals surface area contributed by atoms with Gasteiger partial charge in [0.15, 0.2) is 5.76 Å². The van der Waals surface area contributed by atoms with E-state index in [0.717, 1.165) is 25.3 Å². The second-order valence-corrected chi connectivity index (χ2v) is 8.33. The molecule has 3 aliphatic rings. The fourth-order valence-corrected chi connectivity index (χ4v) is 5.16. The highest BCUT2D eigenvalue weighted by Crippen LogP contribution is 2.40. The zero-order valence-corrected chi connectivity index (χ0v) is 16.3. The maximum absolute atomic E-state index is 12.7. The van der Waals surface area contributed by atoms with Crippen LogP contribution in [0.15, 0.2) is 47.1 Å². The number of amides is 3. The molecule has 4 heterocycles. The lowest BCUT2D eigenvalue weighted by atomic mass is 9.90. The van der Waals surface area contributed by atoms with Crippen LogP contribution in [0.5, 0.6) is 0 Å². The van der Waals surface area contributed by atoms with Crippen molar-refractivity contribution < 1.29 is 14.0 Å². The summed E-state index contributed by atoms with van der Waals surface area (Å²) >= 11 is 0. The Balaban J connectivity index is 1.16. The van der Waals surface area contributed by atoms with Gasteiger partial charge in [-0.05, 0) is 67.6 Å². The van der Waals surface area contributed by atoms with Gasteiger partial charge in [-0.25, -0.2) is 4.79 Å². The fraction of sp³-hybridized carbons (Fsp3) is 0.455. The smallest absolute Gasteiger partial charge is 0.321 e. The number of nitrogens with one attached hydrogen (secondary N) is 2. The van der Waals surface area contributed by atoms with Crippen molar-refractivity contribution in [2.75, 3.05) is 36.8 Å². The Morgan fingerprint density at radius 2 is 1.76 bits per heavy atom. The van der Waals surface area contributed by atoms with Crippen molar-refractivity contribution in [3.05, 3.63) is 48.4 Å². The van der Waals surface area contributed by atoms with E-state index in [4.69, 9.17) is 4.42 Å². The standard InChI is InChI=1S/C22H26N4O3/c27-21(20-5-3-11-29-20)23-16-6-8-17(9-7-16)24-22(28)26-13-15-12-25-10-2-1-4-19(25)18(15)14-26/h3,5-9,11,15,18-19H,1-2,4,10,12-14H2,(H,23,27)(H,24,28)/t15-,18+,19+/m0/s1. The van der Waals surface area contributed by atoms with Crippen LogP contribution in [0.4, 0.5) is 16.2 Å². The van der Waals surface area contributed by atoms with E-state index in [-0.39, 0.29) is 17.7 Å². The van der Waals surface area contributed by atoms with Crippen LogP contribution in [0.1, 0.15) is 29.8 Å². The number of fused-ring (bicyclic) bond motifs is 3. The predicted molar refractivity (Wildman–Crippen MR) is 110 cm³/mol. The molecule has 3 amide bonds. The van der Waals surface area contributed by atoms with Gasteiger partial charge in [0.05, 0.1) is 6.26 Å². The van der Waals surface area contributed by atoms with E-state index in [1.807, 2.05) is 4.90 Å². The molecule has 0 saturated carbocycles. The van der Waals surface area contributed by atoms with Crippen molar-refractivity contribution in [3.63, 3.8) is 0 Å². The van der Waals surface area contributed by atoms with Gasteiger partial charge < -0.3 is 20.0 Å². The molecule has 2 N–H and O–H groups in total. The molecule has 0 spiro atoms.